The van der Waals surface area contributed by atoms with E-state index in [0.29, 0.717) is 6.04 Å². The van der Waals surface area contributed by atoms with E-state index in [4.69, 9.17) is 0 Å². The van der Waals surface area contributed by atoms with Crippen LogP contribution in [0.2, 0.25) is 0 Å². The number of carbonyl (C=O) groups is 1. The zero-order chi connectivity index (χ0) is 13.8. The van der Waals surface area contributed by atoms with Gasteiger partial charge in [-0.2, -0.15) is 0 Å². The molecule has 2 rings (SSSR count). The smallest absolute Gasteiger partial charge is 0.163 e. The van der Waals surface area contributed by atoms with Gasteiger partial charge in [-0.3, -0.25) is 9.69 Å². The van der Waals surface area contributed by atoms with Crippen molar-refractivity contribution in [2.24, 2.45) is 0 Å². The number of ketones is 1. The Morgan fingerprint density at radius 3 is 2.84 bits per heavy atom. The van der Waals surface area contributed by atoms with Gasteiger partial charge >= 0.3 is 0 Å². The maximum atomic E-state index is 11.7. The third-order valence-electron chi connectivity index (χ3n) is 3.96. The standard InChI is InChI=1S/C15H23N3O/c1-4-17(5-2)13-8-10-18(11-13)15-14(12(3)19)7-6-9-16-15/h6-7,9,13H,4-5,8,10-11H2,1-3H3. The first-order valence-electron chi connectivity index (χ1n) is 7.12. The summed E-state index contributed by atoms with van der Waals surface area (Å²) in [7, 11) is 0. The lowest BCUT2D eigenvalue weighted by Gasteiger charge is -2.26. The third kappa shape index (κ3) is 2.95. The van der Waals surface area contributed by atoms with Crippen molar-refractivity contribution >= 4 is 11.6 Å². The van der Waals surface area contributed by atoms with E-state index in [-0.39, 0.29) is 5.78 Å². The van der Waals surface area contributed by atoms with Crippen LogP contribution >= 0.6 is 0 Å². The van der Waals surface area contributed by atoms with Gasteiger partial charge in [0.1, 0.15) is 5.82 Å². The lowest BCUT2D eigenvalue weighted by atomic mass is 10.2. The molecule has 1 aliphatic rings. The molecule has 1 fully saturated rings. The number of hydrogen-bond acceptors (Lipinski definition) is 4. The summed E-state index contributed by atoms with van der Waals surface area (Å²) in [6.07, 6.45) is 2.92. The number of carbonyl (C=O) groups excluding carboxylic acids is 1. The summed E-state index contributed by atoms with van der Waals surface area (Å²) in [5, 5.41) is 0. The highest BCUT2D eigenvalue weighted by atomic mass is 16.1. The van der Waals surface area contributed by atoms with Gasteiger partial charge in [0.2, 0.25) is 0 Å². The van der Waals surface area contributed by atoms with Crippen molar-refractivity contribution in [3.05, 3.63) is 23.9 Å². The highest BCUT2D eigenvalue weighted by Crippen LogP contribution is 2.24. The summed E-state index contributed by atoms with van der Waals surface area (Å²) in [5.41, 5.74) is 0.739. The molecule has 4 heteroatoms. The monoisotopic (exact) mass is 261 g/mol. The predicted octanol–water partition coefficient (Wildman–Crippen LogP) is 2.20. The first kappa shape index (κ1) is 14.0. The number of Topliss-reactive ketones (excluding diaryl/α,β-unsaturated/α-hetero) is 1. The second-order valence-corrected chi connectivity index (χ2v) is 5.04. The molecule has 4 nitrogen and oxygen atoms in total. The number of rotatable bonds is 5. The zero-order valence-electron chi connectivity index (χ0n) is 12.1. The summed E-state index contributed by atoms with van der Waals surface area (Å²) in [6.45, 7) is 10.1. The Balaban J connectivity index is 2.15. The molecule has 1 saturated heterocycles. The minimum atomic E-state index is 0.0920. The van der Waals surface area contributed by atoms with Gasteiger partial charge in [0.25, 0.3) is 0 Å². The summed E-state index contributed by atoms with van der Waals surface area (Å²) in [4.78, 5) is 20.8. The quantitative estimate of drug-likeness (QED) is 0.761. The fraction of sp³-hybridized carbons (Fsp3) is 0.600. The van der Waals surface area contributed by atoms with Crippen molar-refractivity contribution < 1.29 is 4.79 Å². The summed E-state index contributed by atoms with van der Waals surface area (Å²) >= 11 is 0. The van der Waals surface area contributed by atoms with Crippen LogP contribution in [0.5, 0.6) is 0 Å². The van der Waals surface area contributed by atoms with Crippen LogP contribution in [0.4, 0.5) is 5.82 Å². The van der Waals surface area contributed by atoms with Gasteiger partial charge in [-0.05, 0) is 38.6 Å². The third-order valence-corrected chi connectivity index (χ3v) is 3.96. The number of aromatic nitrogens is 1. The number of hydrogen-bond donors (Lipinski definition) is 0. The van der Waals surface area contributed by atoms with E-state index in [1.165, 1.54) is 0 Å². The molecule has 1 unspecified atom stereocenters. The topological polar surface area (TPSA) is 36.4 Å². The fourth-order valence-corrected chi connectivity index (χ4v) is 2.90. The molecule has 0 spiro atoms. The van der Waals surface area contributed by atoms with Crippen molar-refractivity contribution in [3.8, 4) is 0 Å². The minimum absolute atomic E-state index is 0.0920. The Morgan fingerprint density at radius 1 is 1.47 bits per heavy atom. The highest BCUT2D eigenvalue weighted by molar-refractivity contribution is 5.98. The van der Waals surface area contributed by atoms with E-state index in [2.05, 4.69) is 28.6 Å². The van der Waals surface area contributed by atoms with E-state index < -0.39 is 0 Å². The van der Waals surface area contributed by atoms with Crippen molar-refractivity contribution in [2.45, 2.75) is 33.2 Å². The van der Waals surface area contributed by atoms with Gasteiger partial charge in [-0.1, -0.05) is 13.8 Å². The van der Waals surface area contributed by atoms with Crippen LogP contribution < -0.4 is 4.90 Å². The molecule has 19 heavy (non-hydrogen) atoms. The lowest BCUT2D eigenvalue weighted by Crippen LogP contribution is -2.37. The summed E-state index contributed by atoms with van der Waals surface area (Å²) in [5.74, 6) is 0.944. The minimum Gasteiger partial charge on any atom is -0.354 e. The molecule has 1 aromatic rings. The Hall–Kier alpha value is -1.42. The second kappa shape index (κ2) is 6.15. The van der Waals surface area contributed by atoms with Crippen LogP contribution in [0, 0.1) is 0 Å². The molecule has 2 heterocycles. The van der Waals surface area contributed by atoms with Crippen LogP contribution in [-0.4, -0.2) is 47.9 Å². The molecule has 0 bridgehead atoms. The van der Waals surface area contributed by atoms with Crippen molar-refractivity contribution in [1.29, 1.82) is 0 Å². The fourth-order valence-electron chi connectivity index (χ4n) is 2.90. The lowest BCUT2D eigenvalue weighted by molar-refractivity contribution is 0.101. The molecule has 1 atom stereocenters. The van der Waals surface area contributed by atoms with E-state index >= 15 is 0 Å². The van der Waals surface area contributed by atoms with Crippen LogP contribution in [0.25, 0.3) is 0 Å². The molecule has 0 amide bonds. The number of pyridine rings is 1. The molecule has 1 aliphatic heterocycles. The first-order chi connectivity index (χ1) is 9.17. The van der Waals surface area contributed by atoms with Crippen LogP contribution in [0.15, 0.2) is 18.3 Å². The molecule has 0 radical (unpaired) electrons. The Bertz CT molecular complexity index is 443. The Labute approximate surface area is 115 Å². The molecule has 0 aliphatic carbocycles. The molecule has 104 valence electrons. The van der Waals surface area contributed by atoms with Gasteiger partial charge < -0.3 is 4.90 Å². The zero-order valence-corrected chi connectivity index (χ0v) is 12.1. The average Bonchev–Trinajstić information content (AvgIpc) is 2.89. The SMILES string of the molecule is CCN(CC)C1CCN(c2ncccc2C(C)=O)C1. The maximum Gasteiger partial charge on any atom is 0.163 e. The average molecular weight is 261 g/mol. The highest BCUT2D eigenvalue weighted by Gasteiger charge is 2.28. The maximum absolute atomic E-state index is 11.7. The number of nitrogens with zero attached hydrogens (tertiary/aromatic N) is 3. The van der Waals surface area contributed by atoms with Gasteiger partial charge in [0.05, 0.1) is 5.56 Å². The van der Waals surface area contributed by atoms with Crippen molar-refractivity contribution in [2.75, 3.05) is 31.1 Å². The molecule has 1 aromatic heterocycles. The first-order valence-corrected chi connectivity index (χ1v) is 7.12. The van der Waals surface area contributed by atoms with Gasteiger partial charge in [0.15, 0.2) is 5.78 Å². The Kier molecular flexibility index (Phi) is 4.53. The van der Waals surface area contributed by atoms with E-state index in [1.54, 1.807) is 13.1 Å². The molecule has 0 N–H and O–H groups in total. The molecule has 0 saturated carbocycles. The van der Waals surface area contributed by atoms with E-state index in [0.717, 1.165) is 44.0 Å². The van der Waals surface area contributed by atoms with Crippen LogP contribution in [-0.2, 0) is 0 Å². The Morgan fingerprint density at radius 2 is 2.21 bits per heavy atom. The van der Waals surface area contributed by atoms with Crippen LogP contribution in [0.1, 0.15) is 37.6 Å². The van der Waals surface area contributed by atoms with E-state index in [9.17, 15) is 4.79 Å². The van der Waals surface area contributed by atoms with E-state index in [1.807, 2.05) is 12.1 Å². The van der Waals surface area contributed by atoms with Gasteiger partial charge in [0, 0.05) is 25.3 Å². The van der Waals surface area contributed by atoms with Crippen molar-refractivity contribution in [3.63, 3.8) is 0 Å². The van der Waals surface area contributed by atoms with Crippen LogP contribution in [0.3, 0.4) is 0 Å². The van der Waals surface area contributed by atoms with Gasteiger partial charge in [-0.15, -0.1) is 0 Å². The predicted molar refractivity (Wildman–Crippen MR) is 77.8 cm³/mol. The van der Waals surface area contributed by atoms with Gasteiger partial charge in [-0.25, -0.2) is 4.98 Å². The molecule has 0 aromatic carbocycles. The van der Waals surface area contributed by atoms with Crippen molar-refractivity contribution in [1.82, 2.24) is 9.88 Å². The summed E-state index contributed by atoms with van der Waals surface area (Å²) < 4.78 is 0. The normalized spacial score (nSPS) is 19.2. The molecular weight excluding hydrogens is 238 g/mol. The largest absolute Gasteiger partial charge is 0.354 e. The molecular formula is C15H23N3O. The second-order valence-electron chi connectivity index (χ2n) is 5.04. The summed E-state index contributed by atoms with van der Waals surface area (Å²) in [6, 6.07) is 4.28. The number of likely N-dealkylation sites (N-methyl/N-ethyl adjacent to an activating group) is 1. The number of anilines is 1.